The van der Waals surface area contributed by atoms with Crippen molar-refractivity contribution in [1.82, 2.24) is 5.32 Å². The van der Waals surface area contributed by atoms with Gasteiger partial charge in [-0.05, 0) is 6.07 Å². The molecule has 0 heterocycles. The molecule has 1 N–H and O–H groups in total. The zero-order chi connectivity index (χ0) is 14.5. The highest BCUT2D eigenvalue weighted by atomic mass is 19.4. The molecule has 104 valence electrons. The summed E-state index contributed by atoms with van der Waals surface area (Å²) in [6.07, 6.45) is -4.74. The number of hydrogen-bond acceptors (Lipinski definition) is 3. The van der Waals surface area contributed by atoms with Gasteiger partial charge < -0.3 is 4.74 Å². The van der Waals surface area contributed by atoms with Gasteiger partial charge in [0.05, 0.1) is 12.6 Å². The van der Waals surface area contributed by atoms with Gasteiger partial charge in [0.15, 0.2) is 0 Å². The maximum atomic E-state index is 12.8. The van der Waals surface area contributed by atoms with E-state index in [0.29, 0.717) is 0 Å². The van der Waals surface area contributed by atoms with Crippen LogP contribution in [0.4, 0.5) is 22.0 Å². The standard InChI is InChI=1S/C11H9F5N2O/c12-10(13)19-8-4-2-1-3-7(8)9(11(14,15)16)18-6-5-17/h1-4,9-10,18H,6H2/t9-/m1/s1. The van der Waals surface area contributed by atoms with Crippen LogP contribution in [0.2, 0.25) is 0 Å². The molecule has 0 saturated heterocycles. The molecule has 0 unspecified atom stereocenters. The van der Waals surface area contributed by atoms with E-state index in [9.17, 15) is 22.0 Å². The molecule has 0 aliphatic heterocycles. The number of rotatable bonds is 5. The van der Waals surface area contributed by atoms with Gasteiger partial charge in [-0.1, -0.05) is 18.2 Å². The van der Waals surface area contributed by atoms with Gasteiger partial charge in [-0.15, -0.1) is 0 Å². The molecule has 1 aromatic rings. The maximum absolute atomic E-state index is 12.8. The molecular weight excluding hydrogens is 271 g/mol. The number of ether oxygens (including phenoxy) is 1. The summed E-state index contributed by atoms with van der Waals surface area (Å²) >= 11 is 0. The SMILES string of the molecule is N#CCN[C@H](c1ccccc1OC(F)F)C(F)(F)F. The second-order valence-corrected chi connectivity index (χ2v) is 3.43. The van der Waals surface area contributed by atoms with Crippen LogP contribution in [0.25, 0.3) is 0 Å². The van der Waals surface area contributed by atoms with Gasteiger partial charge in [0.2, 0.25) is 0 Å². The van der Waals surface area contributed by atoms with E-state index in [1.54, 1.807) is 0 Å². The van der Waals surface area contributed by atoms with E-state index in [1.807, 2.05) is 5.32 Å². The molecule has 0 aliphatic rings. The van der Waals surface area contributed by atoms with Crippen LogP contribution in [0, 0.1) is 11.3 Å². The van der Waals surface area contributed by atoms with Crippen LogP contribution >= 0.6 is 0 Å². The number of nitrogens with zero attached hydrogens (tertiary/aromatic N) is 1. The fraction of sp³-hybridized carbons (Fsp3) is 0.364. The molecule has 0 aromatic heterocycles. The molecule has 1 rings (SSSR count). The fourth-order valence-corrected chi connectivity index (χ4v) is 1.47. The molecular formula is C11H9F5N2O. The quantitative estimate of drug-likeness (QED) is 0.666. The Hall–Kier alpha value is -1.88. The molecule has 0 amide bonds. The lowest BCUT2D eigenvalue weighted by molar-refractivity contribution is -0.158. The van der Waals surface area contributed by atoms with Crippen molar-refractivity contribution < 1.29 is 26.7 Å². The number of alkyl halides is 5. The fourth-order valence-electron chi connectivity index (χ4n) is 1.47. The lowest BCUT2D eigenvalue weighted by Crippen LogP contribution is -2.34. The molecule has 1 aromatic carbocycles. The van der Waals surface area contributed by atoms with E-state index in [4.69, 9.17) is 5.26 Å². The summed E-state index contributed by atoms with van der Waals surface area (Å²) in [7, 11) is 0. The lowest BCUT2D eigenvalue weighted by Gasteiger charge is -2.23. The smallest absolute Gasteiger partial charge is 0.408 e. The Morgan fingerprint density at radius 2 is 1.89 bits per heavy atom. The Morgan fingerprint density at radius 3 is 2.42 bits per heavy atom. The monoisotopic (exact) mass is 280 g/mol. The van der Waals surface area contributed by atoms with E-state index in [0.717, 1.165) is 12.1 Å². The van der Waals surface area contributed by atoms with E-state index in [1.165, 1.54) is 18.2 Å². The summed E-state index contributed by atoms with van der Waals surface area (Å²) in [4.78, 5) is 0. The van der Waals surface area contributed by atoms with E-state index >= 15 is 0 Å². The minimum absolute atomic E-state index is 0.495. The molecule has 3 nitrogen and oxygen atoms in total. The highest BCUT2D eigenvalue weighted by molar-refractivity contribution is 5.37. The lowest BCUT2D eigenvalue weighted by atomic mass is 10.1. The minimum atomic E-state index is -4.74. The molecule has 0 saturated carbocycles. The Labute approximate surface area is 105 Å². The van der Waals surface area contributed by atoms with Crippen LogP contribution in [0.3, 0.4) is 0 Å². The van der Waals surface area contributed by atoms with Crippen molar-refractivity contribution in [1.29, 1.82) is 5.26 Å². The molecule has 19 heavy (non-hydrogen) atoms. The highest BCUT2D eigenvalue weighted by Gasteiger charge is 2.42. The molecule has 0 bridgehead atoms. The normalized spacial score (nSPS) is 13.1. The Balaban J connectivity index is 3.11. The third-order valence-electron chi connectivity index (χ3n) is 2.16. The summed E-state index contributed by atoms with van der Waals surface area (Å²) in [5.74, 6) is -0.578. The van der Waals surface area contributed by atoms with Crippen LogP contribution in [0.15, 0.2) is 24.3 Å². The van der Waals surface area contributed by atoms with E-state index < -0.39 is 36.7 Å². The summed E-state index contributed by atoms with van der Waals surface area (Å²) in [5, 5.41) is 10.2. The summed E-state index contributed by atoms with van der Waals surface area (Å²) in [6, 6.07) is 3.82. The number of halogens is 5. The van der Waals surface area contributed by atoms with Crippen LogP contribution in [-0.4, -0.2) is 19.3 Å². The van der Waals surface area contributed by atoms with Gasteiger partial charge in [-0.2, -0.15) is 27.2 Å². The summed E-state index contributed by atoms with van der Waals surface area (Å²) < 4.78 is 66.8. The number of hydrogen-bond donors (Lipinski definition) is 1. The van der Waals surface area contributed by atoms with E-state index in [2.05, 4.69) is 4.74 Å². The zero-order valence-electron chi connectivity index (χ0n) is 9.42. The zero-order valence-corrected chi connectivity index (χ0v) is 9.42. The first-order valence-corrected chi connectivity index (χ1v) is 5.07. The Bertz CT molecular complexity index is 455. The number of nitrogens with one attached hydrogen (secondary N) is 1. The van der Waals surface area contributed by atoms with Crippen molar-refractivity contribution in [2.24, 2.45) is 0 Å². The van der Waals surface area contributed by atoms with Crippen molar-refractivity contribution in [2.75, 3.05) is 6.54 Å². The largest absolute Gasteiger partial charge is 0.434 e. The second-order valence-electron chi connectivity index (χ2n) is 3.43. The second kappa shape index (κ2) is 6.33. The molecule has 0 spiro atoms. The van der Waals surface area contributed by atoms with Crippen LogP contribution in [0.1, 0.15) is 11.6 Å². The van der Waals surface area contributed by atoms with Crippen LogP contribution in [0.5, 0.6) is 5.75 Å². The minimum Gasteiger partial charge on any atom is -0.434 e. The predicted molar refractivity (Wildman–Crippen MR) is 55.5 cm³/mol. The van der Waals surface area contributed by atoms with Crippen molar-refractivity contribution in [3.63, 3.8) is 0 Å². The number of benzene rings is 1. The third-order valence-corrected chi connectivity index (χ3v) is 2.16. The Morgan fingerprint density at radius 1 is 1.26 bits per heavy atom. The van der Waals surface area contributed by atoms with Crippen molar-refractivity contribution >= 4 is 0 Å². The average molecular weight is 280 g/mol. The first kappa shape index (κ1) is 15.2. The third kappa shape index (κ3) is 4.37. The molecule has 0 radical (unpaired) electrons. The summed E-state index contributed by atoms with van der Waals surface area (Å²) in [5.41, 5.74) is -0.495. The Kier molecular flexibility index (Phi) is 5.06. The van der Waals surface area contributed by atoms with Crippen molar-refractivity contribution in [3.05, 3.63) is 29.8 Å². The van der Waals surface area contributed by atoms with Crippen LogP contribution in [-0.2, 0) is 0 Å². The van der Waals surface area contributed by atoms with Gasteiger partial charge in [-0.3, -0.25) is 5.32 Å². The van der Waals surface area contributed by atoms with Gasteiger partial charge in [0.1, 0.15) is 11.8 Å². The number of nitriles is 1. The molecule has 0 aliphatic carbocycles. The first-order valence-electron chi connectivity index (χ1n) is 5.07. The molecule has 8 heteroatoms. The maximum Gasteiger partial charge on any atom is 0.408 e. The van der Waals surface area contributed by atoms with Gasteiger partial charge >= 0.3 is 12.8 Å². The first-order chi connectivity index (χ1) is 8.86. The van der Waals surface area contributed by atoms with E-state index in [-0.39, 0.29) is 0 Å². The van der Waals surface area contributed by atoms with Crippen LogP contribution < -0.4 is 10.1 Å². The predicted octanol–water partition coefficient (Wildman–Crippen LogP) is 3.00. The number of para-hydroxylation sites is 1. The molecule has 0 fully saturated rings. The summed E-state index contributed by atoms with van der Waals surface area (Å²) in [6.45, 7) is -3.81. The van der Waals surface area contributed by atoms with Crippen molar-refractivity contribution in [2.45, 2.75) is 18.8 Å². The van der Waals surface area contributed by atoms with Gasteiger partial charge in [0.25, 0.3) is 0 Å². The van der Waals surface area contributed by atoms with Gasteiger partial charge in [0, 0.05) is 5.56 Å². The molecule has 1 atom stereocenters. The van der Waals surface area contributed by atoms with Crippen molar-refractivity contribution in [3.8, 4) is 11.8 Å². The topological polar surface area (TPSA) is 45.0 Å². The highest BCUT2D eigenvalue weighted by Crippen LogP contribution is 2.37. The van der Waals surface area contributed by atoms with Gasteiger partial charge in [-0.25, -0.2) is 0 Å². The average Bonchev–Trinajstić information content (AvgIpc) is 2.29.